The Bertz CT molecular complexity index is 110. The molecule has 0 spiro atoms. The quantitative estimate of drug-likeness (QED) is 0.450. The van der Waals surface area contributed by atoms with Crippen molar-refractivity contribution in [1.82, 2.24) is 5.32 Å². The summed E-state index contributed by atoms with van der Waals surface area (Å²) in [7, 11) is 0. The molecule has 0 aliphatic heterocycles. The minimum absolute atomic E-state index is 0.462. The zero-order chi connectivity index (χ0) is 7.40. The van der Waals surface area contributed by atoms with E-state index in [1.807, 2.05) is 0 Å². The highest BCUT2D eigenvalue weighted by atomic mass is 127. The molecule has 2 nitrogen and oxygen atoms in total. The SMILES string of the molecule is O=CNC1CCC(I)CC1. The summed E-state index contributed by atoms with van der Waals surface area (Å²) in [6.45, 7) is 0. The van der Waals surface area contributed by atoms with Crippen LogP contribution in [0.4, 0.5) is 0 Å². The zero-order valence-electron chi connectivity index (χ0n) is 5.85. The van der Waals surface area contributed by atoms with Crippen molar-refractivity contribution in [2.75, 3.05) is 0 Å². The van der Waals surface area contributed by atoms with E-state index in [1.54, 1.807) is 0 Å². The van der Waals surface area contributed by atoms with Gasteiger partial charge >= 0.3 is 0 Å². The van der Waals surface area contributed by atoms with Gasteiger partial charge in [-0.05, 0) is 25.7 Å². The van der Waals surface area contributed by atoms with Gasteiger partial charge in [0.25, 0.3) is 0 Å². The van der Waals surface area contributed by atoms with Crippen LogP contribution in [0.15, 0.2) is 0 Å². The van der Waals surface area contributed by atoms with Gasteiger partial charge in [-0.2, -0.15) is 0 Å². The summed E-state index contributed by atoms with van der Waals surface area (Å²) in [5, 5.41) is 2.82. The number of hydrogen-bond acceptors (Lipinski definition) is 1. The summed E-state index contributed by atoms with van der Waals surface area (Å²) in [5.41, 5.74) is 0. The molecule has 1 fully saturated rings. The van der Waals surface area contributed by atoms with Gasteiger partial charge in [0, 0.05) is 9.97 Å². The van der Waals surface area contributed by atoms with Crippen molar-refractivity contribution in [3.63, 3.8) is 0 Å². The average Bonchev–Trinajstić information content (AvgIpc) is 1.95. The number of carbonyl (C=O) groups excluding carboxylic acids is 1. The summed E-state index contributed by atoms with van der Waals surface area (Å²) in [6.07, 6.45) is 5.65. The van der Waals surface area contributed by atoms with Gasteiger partial charge in [-0.3, -0.25) is 4.79 Å². The molecule has 0 bridgehead atoms. The molecule has 58 valence electrons. The van der Waals surface area contributed by atoms with Crippen molar-refractivity contribution in [2.24, 2.45) is 0 Å². The maximum atomic E-state index is 10.0. The van der Waals surface area contributed by atoms with Crippen molar-refractivity contribution in [3.8, 4) is 0 Å². The van der Waals surface area contributed by atoms with E-state index in [2.05, 4.69) is 27.9 Å². The minimum Gasteiger partial charge on any atom is -0.356 e. The Kier molecular flexibility index (Phi) is 3.45. The molecule has 0 saturated heterocycles. The third-order valence-electron chi connectivity index (χ3n) is 1.96. The highest BCUT2D eigenvalue weighted by Gasteiger charge is 2.17. The van der Waals surface area contributed by atoms with E-state index in [0.717, 1.165) is 23.2 Å². The number of amides is 1. The van der Waals surface area contributed by atoms with Crippen LogP contribution in [0.25, 0.3) is 0 Å². The fourth-order valence-corrected chi connectivity index (χ4v) is 2.03. The largest absolute Gasteiger partial charge is 0.356 e. The van der Waals surface area contributed by atoms with Crippen molar-refractivity contribution >= 4 is 29.0 Å². The number of halogens is 1. The maximum Gasteiger partial charge on any atom is 0.207 e. The third kappa shape index (κ3) is 2.44. The fourth-order valence-electron chi connectivity index (χ4n) is 1.32. The molecule has 0 aromatic heterocycles. The number of hydrogen-bond donors (Lipinski definition) is 1. The third-order valence-corrected chi connectivity index (χ3v) is 3.21. The zero-order valence-corrected chi connectivity index (χ0v) is 8.00. The van der Waals surface area contributed by atoms with E-state index in [4.69, 9.17) is 0 Å². The van der Waals surface area contributed by atoms with Gasteiger partial charge in [-0.1, -0.05) is 22.6 Å². The summed E-state index contributed by atoms with van der Waals surface area (Å²) in [5.74, 6) is 0. The number of rotatable bonds is 2. The Morgan fingerprint density at radius 2 is 1.90 bits per heavy atom. The van der Waals surface area contributed by atoms with Crippen LogP contribution in [0.1, 0.15) is 25.7 Å². The van der Waals surface area contributed by atoms with E-state index in [1.165, 1.54) is 12.8 Å². The van der Waals surface area contributed by atoms with Crippen LogP contribution in [0.5, 0.6) is 0 Å². The molecule has 1 N–H and O–H groups in total. The van der Waals surface area contributed by atoms with Gasteiger partial charge in [-0.15, -0.1) is 0 Å². The standard InChI is InChI=1S/C7H12INO/c8-6-1-3-7(4-2-6)9-5-10/h5-7H,1-4H2,(H,9,10). The minimum atomic E-state index is 0.462. The number of nitrogens with one attached hydrogen (secondary N) is 1. The van der Waals surface area contributed by atoms with E-state index in [9.17, 15) is 4.79 Å². The molecular formula is C7H12INO. The summed E-state index contributed by atoms with van der Waals surface area (Å²) in [4.78, 5) is 10.0. The summed E-state index contributed by atoms with van der Waals surface area (Å²) in [6, 6.07) is 0.462. The topological polar surface area (TPSA) is 29.1 Å². The Morgan fingerprint density at radius 1 is 1.30 bits per heavy atom. The molecule has 0 atom stereocenters. The van der Waals surface area contributed by atoms with Gasteiger partial charge in [0.1, 0.15) is 0 Å². The molecule has 0 unspecified atom stereocenters. The summed E-state index contributed by atoms with van der Waals surface area (Å²) < 4.78 is 0.835. The van der Waals surface area contributed by atoms with E-state index >= 15 is 0 Å². The number of alkyl halides is 1. The van der Waals surface area contributed by atoms with Crippen LogP contribution in [-0.4, -0.2) is 16.4 Å². The molecule has 1 aliphatic carbocycles. The predicted octanol–water partition coefficient (Wildman–Crippen LogP) is 1.48. The normalized spacial score (nSPS) is 33.3. The van der Waals surface area contributed by atoms with Gasteiger partial charge in [0.2, 0.25) is 6.41 Å². The lowest BCUT2D eigenvalue weighted by molar-refractivity contribution is -0.110. The molecule has 0 radical (unpaired) electrons. The second-order valence-electron chi connectivity index (χ2n) is 2.73. The Hall–Kier alpha value is 0.200. The van der Waals surface area contributed by atoms with Gasteiger partial charge < -0.3 is 5.32 Å². The maximum absolute atomic E-state index is 10.0. The van der Waals surface area contributed by atoms with Crippen LogP contribution in [0.2, 0.25) is 0 Å². The number of carbonyl (C=O) groups is 1. The first-order chi connectivity index (χ1) is 4.83. The van der Waals surface area contributed by atoms with Crippen LogP contribution >= 0.6 is 22.6 Å². The molecule has 3 heteroatoms. The molecule has 0 aromatic carbocycles. The Balaban J connectivity index is 2.19. The lowest BCUT2D eigenvalue weighted by Gasteiger charge is -2.24. The highest BCUT2D eigenvalue weighted by molar-refractivity contribution is 14.1. The van der Waals surface area contributed by atoms with Crippen LogP contribution in [0, 0.1) is 0 Å². The van der Waals surface area contributed by atoms with Crippen molar-refractivity contribution in [2.45, 2.75) is 35.6 Å². The molecule has 10 heavy (non-hydrogen) atoms. The van der Waals surface area contributed by atoms with Crippen LogP contribution in [-0.2, 0) is 4.79 Å². The Labute approximate surface area is 74.9 Å². The monoisotopic (exact) mass is 253 g/mol. The fraction of sp³-hybridized carbons (Fsp3) is 0.857. The van der Waals surface area contributed by atoms with Crippen molar-refractivity contribution in [1.29, 1.82) is 0 Å². The van der Waals surface area contributed by atoms with Crippen LogP contribution in [0.3, 0.4) is 0 Å². The van der Waals surface area contributed by atoms with Crippen LogP contribution < -0.4 is 5.32 Å². The molecular weight excluding hydrogens is 241 g/mol. The van der Waals surface area contributed by atoms with E-state index in [0.29, 0.717) is 6.04 Å². The second kappa shape index (κ2) is 4.16. The lowest BCUT2D eigenvalue weighted by atomic mass is 9.96. The highest BCUT2D eigenvalue weighted by Crippen LogP contribution is 2.24. The molecule has 1 aliphatic rings. The van der Waals surface area contributed by atoms with Crippen molar-refractivity contribution in [3.05, 3.63) is 0 Å². The molecule has 0 heterocycles. The second-order valence-corrected chi connectivity index (χ2v) is 4.50. The van der Waals surface area contributed by atoms with E-state index in [-0.39, 0.29) is 0 Å². The molecule has 0 aromatic rings. The average molecular weight is 253 g/mol. The molecule has 1 rings (SSSR count). The lowest BCUT2D eigenvalue weighted by Crippen LogP contribution is -2.32. The van der Waals surface area contributed by atoms with Gasteiger partial charge in [0.15, 0.2) is 0 Å². The first kappa shape index (κ1) is 8.30. The van der Waals surface area contributed by atoms with E-state index < -0.39 is 0 Å². The summed E-state index contributed by atoms with van der Waals surface area (Å²) >= 11 is 2.48. The predicted molar refractivity (Wildman–Crippen MR) is 49.3 cm³/mol. The Morgan fingerprint density at radius 3 is 2.40 bits per heavy atom. The van der Waals surface area contributed by atoms with Crippen molar-refractivity contribution < 1.29 is 4.79 Å². The van der Waals surface area contributed by atoms with Gasteiger partial charge in [0.05, 0.1) is 0 Å². The molecule has 1 saturated carbocycles. The first-order valence-electron chi connectivity index (χ1n) is 3.66. The first-order valence-corrected chi connectivity index (χ1v) is 4.91. The smallest absolute Gasteiger partial charge is 0.207 e. The van der Waals surface area contributed by atoms with Gasteiger partial charge in [-0.25, -0.2) is 0 Å². The molecule has 1 amide bonds.